The number of rotatable bonds is 3. The molecule has 0 aromatic rings. The Balaban J connectivity index is 1.86. The lowest BCUT2D eigenvalue weighted by atomic mass is 9.78. The summed E-state index contributed by atoms with van der Waals surface area (Å²) in [5.41, 5.74) is -0.136. The van der Waals surface area contributed by atoms with Gasteiger partial charge in [-0.15, -0.1) is 0 Å². The molecule has 0 bridgehead atoms. The number of hydrogen-bond donors (Lipinski definition) is 0. The molecule has 1 heterocycles. The van der Waals surface area contributed by atoms with Crippen LogP contribution in [0.25, 0.3) is 0 Å². The van der Waals surface area contributed by atoms with Gasteiger partial charge in [0.05, 0.1) is 0 Å². The number of carbonyl (C=O) groups is 3. The first kappa shape index (κ1) is 18.3. The minimum atomic E-state index is -1.15. The van der Waals surface area contributed by atoms with Gasteiger partial charge in [0.1, 0.15) is 5.60 Å². The second kappa shape index (κ2) is 5.50. The Morgan fingerprint density at radius 3 is 2.28 bits per heavy atom. The first-order valence-corrected chi connectivity index (χ1v) is 9.10. The topological polar surface area (TPSA) is 73.0 Å². The van der Waals surface area contributed by atoms with E-state index in [-0.39, 0.29) is 23.9 Å². The first-order valence-electron chi connectivity index (χ1n) is 9.10. The van der Waals surface area contributed by atoms with Gasteiger partial charge in [0, 0.05) is 18.3 Å². The van der Waals surface area contributed by atoms with E-state index in [0.29, 0.717) is 19.3 Å². The van der Waals surface area contributed by atoms with Gasteiger partial charge in [0.15, 0.2) is 23.3 Å². The molecule has 1 saturated carbocycles. The summed E-state index contributed by atoms with van der Waals surface area (Å²) in [5.74, 6) is -0.261. The number of fused-ring (bicyclic) bond motifs is 1. The van der Waals surface area contributed by atoms with Gasteiger partial charge in [0.25, 0.3) is 0 Å². The Bertz CT molecular complexity index is 686. The minimum absolute atomic E-state index is 0.102. The van der Waals surface area contributed by atoms with E-state index in [1.807, 2.05) is 34.6 Å². The van der Waals surface area contributed by atoms with Crippen LogP contribution in [0.5, 0.6) is 0 Å². The van der Waals surface area contributed by atoms with Crippen LogP contribution in [0.1, 0.15) is 67.2 Å². The second-order valence-electron chi connectivity index (χ2n) is 9.06. The van der Waals surface area contributed by atoms with Crippen LogP contribution < -0.4 is 0 Å². The maximum atomic E-state index is 13.0. The van der Waals surface area contributed by atoms with E-state index in [1.165, 1.54) is 0 Å². The summed E-state index contributed by atoms with van der Waals surface area (Å²) >= 11 is 0. The number of epoxide rings is 1. The molecule has 2 aliphatic carbocycles. The van der Waals surface area contributed by atoms with E-state index in [9.17, 15) is 14.4 Å². The molecule has 5 nitrogen and oxygen atoms in total. The van der Waals surface area contributed by atoms with Crippen molar-refractivity contribution in [3.05, 3.63) is 11.1 Å². The Hall–Kier alpha value is -1.49. The molecule has 3 rings (SSSR count). The highest BCUT2D eigenvalue weighted by molar-refractivity contribution is 6.02. The molecule has 0 amide bonds. The number of allylic oxidation sites excluding steroid dienone is 2. The summed E-state index contributed by atoms with van der Waals surface area (Å²) in [4.78, 5) is 37.7. The monoisotopic (exact) mass is 348 g/mol. The third-order valence-electron chi connectivity index (χ3n) is 6.01. The molecule has 0 aromatic carbocycles. The van der Waals surface area contributed by atoms with Gasteiger partial charge in [-0.25, -0.2) is 4.79 Å². The van der Waals surface area contributed by atoms with Gasteiger partial charge < -0.3 is 9.47 Å². The van der Waals surface area contributed by atoms with Crippen molar-refractivity contribution >= 4 is 17.5 Å². The van der Waals surface area contributed by atoms with E-state index in [4.69, 9.17) is 9.47 Å². The van der Waals surface area contributed by atoms with Crippen molar-refractivity contribution in [2.45, 2.75) is 84.5 Å². The lowest BCUT2D eigenvalue weighted by molar-refractivity contribution is -0.167. The van der Waals surface area contributed by atoms with Crippen molar-refractivity contribution in [3.63, 3.8) is 0 Å². The number of ketones is 2. The molecule has 2 fully saturated rings. The summed E-state index contributed by atoms with van der Waals surface area (Å²) in [6, 6.07) is 0. The maximum Gasteiger partial charge on any atom is 0.339 e. The highest BCUT2D eigenvalue weighted by Crippen LogP contribution is 2.51. The van der Waals surface area contributed by atoms with Crippen LogP contribution >= 0.6 is 0 Å². The zero-order valence-electron chi connectivity index (χ0n) is 16.0. The molecule has 5 heteroatoms. The number of Topliss-reactive ketones (excluding diaryl/α,β-unsaturated/α-hetero) is 2. The molecule has 138 valence electrons. The zero-order valence-corrected chi connectivity index (χ0v) is 16.0. The van der Waals surface area contributed by atoms with Gasteiger partial charge in [0.2, 0.25) is 0 Å². The van der Waals surface area contributed by atoms with E-state index >= 15 is 0 Å². The SMILES string of the molecule is CC(C)C1=C2CC[C@](C)(OC(=O)[C@H]3OC3(C)C)C(=O)C[C@@]2(C)CC1=O. The summed E-state index contributed by atoms with van der Waals surface area (Å²) < 4.78 is 11.0. The maximum absolute atomic E-state index is 13.0. The normalized spacial score (nSPS) is 37.2. The smallest absolute Gasteiger partial charge is 0.339 e. The van der Waals surface area contributed by atoms with Crippen molar-refractivity contribution in [1.29, 1.82) is 0 Å². The molecule has 0 N–H and O–H groups in total. The van der Waals surface area contributed by atoms with Crippen LogP contribution in [0.3, 0.4) is 0 Å². The first-order chi connectivity index (χ1) is 11.4. The minimum Gasteiger partial charge on any atom is -0.449 e. The van der Waals surface area contributed by atoms with Crippen molar-refractivity contribution in [2.24, 2.45) is 11.3 Å². The quantitative estimate of drug-likeness (QED) is 0.579. The number of hydrogen-bond acceptors (Lipinski definition) is 5. The Kier molecular flexibility index (Phi) is 4.03. The fourth-order valence-corrected chi connectivity index (χ4v) is 4.36. The molecule has 3 atom stereocenters. The van der Waals surface area contributed by atoms with Crippen molar-refractivity contribution in [2.75, 3.05) is 0 Å². The predicted molar refractivity (Wildman–Crippen MR) is 91.9 cm³/mol. The number of ether oxygens (including phenoxy) is 2. The van der Waals surface area contributed by atoms with Crippen molar-refractivity contribution in [1.82, 2.24) is 0 Å². The Morgan fingerprint density at radius 1 is 1.16 bits per heavy atom. The molecule has 1 saturated heterocycles. The van der Waals surface area contributed by atoms with Crippen molar-refractivity contribution < 1.29 is 23.9 Å². The zero-order chi connectivity index (χ0) is 18.8. The van der Waals surface area contributed by atoms with Crippen LogP contribution in [0.15, 0.2) is 11.1 Å². The van der Waals surface area contributed by atoms with E-state index in [0.717, 1.165) is 11.1 Å². The molecular weight excluding hydrogens is 320 g/mol. The van der Waals surface area contributed by atoms with Gasteiger partial charge in [-0.1, -0.05) is 26.3 Å². The molecule has 0 radical (unpaired) electrons. The van der Waals surface area contributed by atoms with Crippen LogP contribution in [-0.4, -0.2) is 34.8 Å². The highest BCUT2D eigenvalue weighted by Gasteiger charge is 2.57. The standard InChI is InChI=1S/C20H28O5/c1-11(2)15-12-7-8-20(6,25-17(23)16-18(3,4)24-16)14(22)10-19(12,5)9-13(15)21/h11,16H,7-10H2,1-6H3/t16-,19-,20+/m1/s1. The molecule has 0 unspecified atom stereocenters. The second-order valence-corrected chi connectivity index (χ2v) is 9.06. The Labute approximate surface area is 149 Å². The summed E-state index contributed by atoms with van der Waals surface area (Å²) in [6.07, 6.45) is 1.05. The third kappa shape index (κ3) is 2.97. The fraction of sp³-hybridized carbons (Fsp3) is 0.750. The average Bonchev–Trinajstić information content (AvgIpc) is 3.03. The van der Waals surface area contributed by atoms with Crippen LogP contribution in [-0.2, 0) is 23.9 Å². The molecule has 0 spiro atoms. The lowest BCUT2D eigenvalue weighted by Crippen LogP contribution is -2.42. The molecule has 3 aliphatic rings. The molecule has 1 aliphatic heterocycles. The number of esters is 1. The van der Waals surface area contributed by atoms with E-state index in [1.54, 1.807) is 6.92 Å². The molecular formula is C20H28O5. The van der Waals surface area contributed by atoms with Gasteiger partial charge >= 0.3 is 5.97 Å². The Morgan fingerprint density at radius 2 is 1.76 bits per heavy atom. The van der Waals surface area contributed by atoms with E-state index < -0.39 is 28.7 Å². The average molecular weight is 348 g/mol. The van der Waals surface area contributed by atoms with Crippen LogP contribution in [0.2, 0.25) is 0 Å². The van der Waals surface area contributed by atoms with Gasteiger partial charge in [-0.05, 0) is 45.1 Å². The van der Waals surface area contributed by atoms with Crippen molar-refractivity contribution in [3.8, 4) is 0 Å². The van der Waals surface area contributed by atoms with Gasteiger partial charge in [-0.2, -0.15) is 0 Å². The van der Waals surface area contributed by atoms with Crippen LogP contribution in [0.4, 0.5) is 0 Å². The molecule has 0 aromatic heterocycles. The van der Waals surface area contributed by atoms with E-state index in [2.05, 4.69) is 0 Å². The fourth-order valence-electron chi connectivity index (χ4n) is 4.36. The summed E-state index contributed by atoms with van der Waals surface area (Å²) in [5, 5.41) is 0. The third-order valence-corrected chi connectivity index (χ3v) is 6.01. The molecule has 25 heavy (non-hydrogen) atoms. The van der Waals surface area contributed by atoms with Crippen LogP contribution in [0, 0.1) is 11.3 Å². The summed E-state index contributed by atoms with van der Waals surface area (Å²) in [6.45, 7) is 11.4. The lowest BCUT2D eigenvalue weighted by Gasteiger charge is -2.28. The predicted octanol–water partition coefficient (Wildman–Crippen LogP) is 3.15. The number of carbonyl (C=O) groups excluding carboxylic acids is 3. The highest BCUT2D eigenvalue weighted by atomic mass is 16.7. The largest absolute Gasteiger partial charge is 0.449 e. The summed E-state index contributed by atoms with van der Waals surface area (Å²) in [7, 11) is 0. The van der Waals surface area contributed by atoms with Gasteiger partial charge in [-0.3, -0.25) is 9.59 Å².